The van der Waals surface area contributed by atoms with Gasteiger partial charge in [-0.1, -0.05) is 0 Å². The van der Waals surface area contributed by atoms with E-state index in [1.807, 2.05) is 26.8 Å². The van der Waals surface area contributed by atoms with Crippen LogP contribution in [-0.2, 0) is 11.2 Å². The number of hydrogen-bond acceptors (Lipinski definition) is 8. The highest BCUT2D eigenvalue weighted by atomic mass is 32.1. The molecule has 0 fully saturated rings. The second-order valence-corrected chi connectivity index (χ2v) is 7.68. The molecule has 166 valence electrons. The fraction of sp³-hybridized carbons (Fsp3) is 0.450. The molecule has 3 heterocycles. The van der Waals surface area contributed by atoms with Gasteiger partial charge < -0.3 is 19.8 Å². The van der Waals surface area contributed by atoms with Gasteiger partial charge in [-0.05, 0) is 39.8 Å². The van der Waals surface area contributed by atoms with Crippen LogP contribution < -0.4 is 10.6 Å². The van der Waals surface area contributed by atoms with Crippen LogP contribution in [-0.4, -0.2) is 51.8 Å². The standard InChI is InChI=1S/C20H27N7O3S/c1-5-21-20(22-10-9-15-25-17(27-26-15)14-8-7-11-30-14)24-13(4)18-23-12(3)16(31-18)19(28)29-6-2/h7-8,11,13H,5-6,9-10H2,1-4H3,(H2,21,22,24)(H,25,26,27). The van der Waals surface area contributed by atoms with E-state index in [9.17, 15) is 4.79 Å². The number of carbonyl (C=O) groups is 1. The Balaban J connectivity index is 1.60. The normalized spacial score (nSPS) is 12.6. The lowest BCUT2D eigenvalue weighted by molar-refractivity contribution is 0.0531. The summed E-state index contributed by atoms with van der Waals surface area (Å²) in [5.41, 5.74) is 0.673. The summed E-state index contributed by atoms with van der Waals surface area (Å²) in [4.78, 5) is 26.1. The molecule has 0 aliphatic carbocycles. The van der Waals surface area contributed by atoms with Gasteiger partial charge in [-0.2, -0.15) is 5.10 Å². The Morgan fingerprint density at radius 3 is 2.94 bits per heavy atom. The van der Waals surface area contributed by atoms with Crippen molar-refractivity contribution >= 4 is 23.3 Å². The van der Waals surface area contributed by atoms with Gasteiger partial charge in [0.2, 0.25) is 5.82 Å². The second-order valence-electron chi connectivity index (χ2n) is 6.65. The minimum atomic E-state index is -0.336. The molecule has 0 saturated carbocycles. The molecule has 1 atom stereocenters. The van der Waals surface area contributed by atoms with Crippen molar-refractivity contribution in [2.75, 3.05) is 19.7 Å². The van der Waals surface area contributed by atoms with Gasteiger partial charge in [0, 0.05) is 19.5 Å². The van der Waals surface area contributed by atoms with E-state index < -0.39 is 0 Å². The van der Waals surface area contributed by atoms with Crippen molar-refractivity contribution in [3.05, 3.63) is 39.8 Å². The molecule has 0 saturated heterocycles. The molecule has 1 unspecified atom stereocenters. The molecule has 10 nitrogen and oxygen atoms in total. The number of nitrogens with zero attached hydrogens (tertiary/aromatic N) is 4. The van der Waals surface area contributed by atoms with Crippen LogP contribution >= 0.6 is 11.3 Å². The Labute approximate surface area is 184 Å². The number of aliphatic imine (C=N–C) groups is 1. The summed E-state index contributed by atoms with van der Waals surface area (Å²) in [5, 5.41) is 14.4. The van der Waals surface area contributed by atoms with Crippen molar-refractivity contribution in [1.82, 2.24) is 30.8 Å². The maximum absolute atomic E-state index is 12.1. The summed E-state index contributed by atoms with van der Waals surface area (Å²) < 4.78 is 10.4. The zero-order valence-corrected chi connectivity index (χ0v) is 18.9. The fourth-order valence-corrected chi connectivity index (χ4v) is 3.74. The molecule has 0 spiro atoms. The lowest BCUT2D eigenvalue weighted by Crippen LogP contribution is -2.38. The monoisotopic (exact) mass is 445 g/mol. The Kier molecular flexibility index (Phi) is 7.76. The first-order chi connectivity index (χ1) is 15.0. The Morgan fingerprint density at radius 1 is 1.39 bits per heavy atom. The van der Waals surface area contributed by atoms with E-state index in [1.54, 1.807) is 19.3 Å². The zero-order chi connectivity index (χ0) is 22.2. The second kappa shape index (κ2) is 10.7. The number of aryl methyl sites for hydroxylation is 1. The van der Waals surface area contributed by atoms with Crippen LogP contribution in [0.5, 0.6) is 0 Å². The lowest BCUT2D eigenvalue weighted by Gasteiger charge is -2.15. The molecule has 0 radical (unpaired) electrons. The van der Waals surface area contributed by atoms with Crippen molar-refractivity contribution < 1.29 is 13.9 Å². The first-order valence-electron chi connectivity index (χ1n) is 10.2. The summed E-state index contributed by atoms with van der Waals surface area (Å²) in [7, 11) is 0. The van der Waals surface area contributed by atoms with Gasteiger partial charge in [-0.25, -0.2) is 14.8 Å². The number of nitrogens with one attached hydrogen (secondary N) is 3. The number of aromatic amines is 1. The fourth-order valence-electron chi connectivity index (χ4n) is 2.77. The van der Waals surface area contributed by atoms with E-state index in [1.165, 1.54) is 11.3 Å². The summed E-state index contributed by atoms with van der Waals surface area (Å²) in [6, 6.07) is 3.48. The van der Waals surface area contributed by atoms with Crippen LogP contribution in [0.1, 0.15) is 53.0 Å². The van der Waals surface area contributed by atoms with Crippen LogP contribution in [0, 0.1) is 6.92 Å². The highest BCUT2D eigenvalue weighted by Gasteiger charge is 2.20. The molecule has 3 aromatic heterocycles. The number of thiazole rings is 1. The summed E-state index contributed by atoms with van der Waals surface area (Å²) in [6.07, 6.45) is 2.19. The molecule has 3 rings (SSSR count). The van der Waals surface area contributed by atoms with Crippen LogP contribution in [0.3, 0.4) is 0 Å². The minimum absolute atomic E-state index is 0.125. The first kappa shape index (κ1) is 22.5. The number of H-pyrrole nitrogens is 1. The quantitative estimate of drug-likeness (QED) is 0.260. The largest absolute Gasteiger partial charge is 0.462 e. The molecule has 0 aromatic carbocycles. The maximum Gasteiger partial charge on any atom is 0.350 e. The molecule has 0 aliphatic rings. The molecule has 31 heavy (non-hydrogen) atoms. The third-order valence-corrected chi connectivity index (χ3v) is 5.55. The van der Waals surface area contributed by atoms with Gasteiger partial charge >= 0.3 is 5.97 Å². The number of aromatic nitrogens is 4. The third kappa shape index (κ3) is 5.91. The van der Waals surface area contributed by atoms with Crippen molar-refractivity contribution in [2.45, 2.75) is 40.2 Å². The predicted molar refractivity (Wildman–Crippen MR) is 118 cm³/mol. The Morgan fingerprint density at radius 2 is 2.23 bits per heavy atom. The number of carbonyl (C=O) groups excluding carboxylic acids is 1. The molecule has 3 N–H and O–H groups in total. The van der Waals surface area contributed by atoms with E-state index >= 15 is 0 Å². The SMILES string of the molecule is CCNC(=NCCc1nc(-c2ccco2)n[nH]1)NC(C)c1nc(C)c(C(=O)OCC)s1. The predicted octanol–water partition coefficient (Wildman–Crippen LogP) is 2.87. The first-order valence-corrected chi connectivity index (χ1v) is 11.0. The van der Waals surface area contributed by atoms with E-state index in [0.29, 0.717) is 54.2 Å². The number of guanidine groups is 1. The van der Waals surface area contributed by atoms with Gasteiger partial charge in [0.25, 0.3) is 0 Å². The Bertz CT molecular complexity index is 1010. The van der Waals surface area contributed by atoms with Crippen molar-refractivity contribution in [1.29, 1.82) is 0 Å². The molecule has 0 aliphatic heterocycles. The molecule has 0 amide bonds. The van der Waals surface area contributed by atoms with Gasteiger partial charge in [0.05, 0.1) is 24.6 Å². The summed E-state index contributed by atoms with van der Waals surface area (Å²) >= 11 is 1.33. The molecule has 11 heteroatoms. The molecule has 3 aromatic rings. The lowest BCUT2D eigenvalue weighted by atomic mass is 10.3. The van der Waals surface area contributed by atoms with Gasteiger partial charge in [0.1, 0.15) is 15.7 Å². The number of rotatable bonds is 9. The average molecular weight is 446 g/mol. The van der Waals surface area contributed by atoms with E-state index in [-0.39, 0.29) is 12.0 Å². The van der Waals surface area contributed by atoms with Gasteiger partial charge in [0.15, 0.2) is 11.7 Å². The molecule has 0 bridgehead atoms. The van der Waals surface area contributed by atoms with Gasteiger partial charge in [-0.3, -0.25) is 10.1 Å². The Hall–Kier alpha value is -3.21. The van der Waals surface area contributed by atoms with E-state index in [0.717, 1.165) is 10.8 Å². The average Bonchev–Trinajstić information content (AvgIpc) is 3.49. The van der Waals surface area contributed by atoms with Crippen LogP contribution in [0.4, 0.5) is 0 Å². The van der Waals surface area contributed by atoms with Crippen LogP contribution in [0.25, 0.3) is 11.6 Å². The van der Waals surface area contributed by atoms with Crippen molar-refractivity contribution in [3.63, 3.8) is 0 Å². The molecular weight excluding hydrogens is 418 g/mol. The maximum atomic E-state index is 12.1. The van der Waals surface area contributed by atoms with Crippen LogP contribution in [0.2, 0.25) is 0 Å². The van der Waals surface area contributed by atoms with E-state index in [4.69, 9.17) is 9.15 Å². The number of esters is 1. The minimum Gasteiger partial charge on any atom is -0.462 e. The van der Waals surface area contributed by atoms with Gasteiger partial charge in [-0.15, -0.1) is 11.3 Å². The van der Waals surface area contributed by atoms with Crippen molar-refractivity contribution in [3.8, 4) is 11.6 Å². The number of ether oxygens (including phenoxy) is 1. The number of hydrogen-bond donors (Lipinski definition) is 3. The van der Waals surface area contributed by atoms with Crippen molar-refractivity contribution in [2.24, 2.45) is 4.99 Å². The topological polar surface area (TPSA) is 130 Å². The smallest absolute Gasteiger partial charge is 0.350 e. The summed E-state index contributed by atoms with van der Waals surface area (Å²) in [6.45, 7) is 9.15. The third-order valence-electron chi connectivity index (χ3n) is 4.23. The van der Waals surface area contributed by atoms with E-state index in [2.05, 4.69) is 35.8 Å². The zero-order valence-electron chi connectivity index (χ0n) is 18.1. The van der Waals surface area contributed by atoms with Crippen LogP contribution in [0.15, 0.2) is 27.8 Å². The molecular formula is C20H27N7O3S. The summed E-state index contributed by atoms with van der Waals surface area (Å²) in [5.74, 6) is 2.20. The number of furan rings is 1. The highest BCUT2D eigenvalue weighted by Crippen LogP contribution is 2.24. The highest BCUT2D eigenvalue weighted by molar-refractivity contribution is 7.13.